The van der Waals surface area contributed by atoms with E-state index in [0.717, 1.165) is 6.42 Å². The lowest BCUT2D eigenvalue weighted by Crippen LogP contribution is -2.31. The maximum Gasteiger partial charge on any atom is 0.262 e. The Morgan fingerprint density at radius 1 is 1.06 bits per heavy atom. The number of nitrogens with one attached hydrogen (secondary N) is 2. The first-order chi connectivity index (χ1) is 14.9. The van der Waals surface area contributed by atoms with E-state index >= 15 is 0 Å². The number of anilines is 1. The molecule has 0 saturated heterocycles. The van der Waals surface area contributed by atoms with Gasteiger partial charge in [0.15, 0.2) is 0 Å². The number of hydrogen-bond acceptors (Lipinski definition) is 5. The molecule has 2 unspecified atom stereocenters. The van der Waals surface area contributed by atoms with E-state index in [1.807, 2.05) is 0 Å². The Bertz CT molecular complexity index is 976. The molecule has 2 N–H and O–H groups in total. The largest absolute Gasteiger partial charge is 0.495 e. The van der Waals surface area contributed by atoms with Crippen LogP contribution in [0, 0.1) is 5.92 Å². The topological polar surface area (TPSA) is 93.7 Å². The first kappa shape index (κ1) is 23.1. The predicted octanol–water partition coefficient (Wildman–Crippen LogP) is 3.82. The smallest absolute Gasteiger partial charge is 0.262 e. The van der Waals surface area contributed by atoms with Crippen LogP contribution in [0.4, 0.5) is 5.69 Å². The first-order valence-corrected chi connectivity index (χ1v) is 12.0. The van der Waals surface area contributed by atoms with E-state index in [9.17, 15) is 13.2 Å². The van der Waals surface area contributed by atoms with E-state index in [2.05, 4.69) is 17.0 Å². The second-order valence-corrected chi connectivity index (χ2v) is 9.44. The molecule has 0 bridgehead atoms. The molecule has 1 fully saturated rings. The third kappa shape index (κ3) is 6.21. The Kier molecular flexibility index (Phi) is 7.92. The summed E-state index contributed by atoms with van der Waals surface area (Å²) in [5.41, 5.74) is 0.737. The highest BCUT2D eigenvalue weighted by Gasteiger charge is 2.21. The van der Waals surface area contributed by atoms with Crippen LogP contribution in [-0.2, 0) is 14.8 Å². The highest BCUT2D eigenvalue weighted by atomic mass is 32.2. The van der Waals surface area contributed by atoms with Gasteiger partial charge in [-0.15, -0.1) is 0 Å². The van der Waals surface area contributed by atoms with Crippen molar-refractivity contribution in [2.75, 3.05) is 25.0 Å². The van der Waals surface area contributed by atoms with Crippen LogP contribution in [0.3, 0.4) is 0 Å². The van der Waals surface area contributed by atoms with Gasteiger partial charge in [0.25, 0.3) is 15.9 Å². The normalized spacial score (nSPS) is 18.9. The minimum absolute atomic E-state index is 0.0598. The highest BCUT2D eigenvalue weighted by Crippen LogP contribution is 2.27. The van der Waals surface area contributed by atoms with Crippen LogP contribution in [0.5, 0.6) is 5.75 Å². The summed E-state index contributed by atoms with van der Waals surface area (Å²) in [7, 11) is -2.34. The van der Waals surface area contributed by atoms with E-state index in [1.165, 1.54) is 50.6 Å². The predicted molar refractivity (Wildman–Crippen MR) is 120 cm³/mol. The molecule has 1 amide bonds. The summed E-state index contributed by atoms with van der Waals surface area (Å²) in [4.78, 5) is 12.4. The average molecular weight is 447 g/mol. The van der Waals surface area contributed by atoms with E-state index in [-0.39, 0.29) is 16.9 Å². The first-order valence-electron chi connectivity index (χ1n) is 10.6. The molecule has 31 heavy (non-hydrogen) atoms. The zero-order chi connectivity index (χ0) is 22.3. The standard InChI is InChI=1S/C23H30N2O5S/c1-17-7-3-5-9-21(17)30-16-15-24-23(26)18-11-13-19(14-12-18)31(27,28)25-20-8-4-6-10-22(20)29-2/h4,6,8,10-14,17,21,25H,3,5,7,9,15-16H2,1-2H3,(H,24,26). The molecule has 0 heterocycles. The summed E-state index contributed by atoms with van der Waals surface area (Å²) in [6, 6.07) is 12.6. The maximum atomic E-state index is 12.7. The SMILES string of the molecule is COc1ccccc1NS(=O)(=O)c1ccc(C(=O)NCCOC2CCCCC2C)cc1. The van der Waals surface area contributed by atoms with Gasteiger partial charge in [-0.1, -0.05) is 31.9 Å². The van der Waals surface area contributed by atoms with E-state index in [0.29, 0.717) is 36.1 Å². The molecule has 168 valence electrons. The Morgan fingerprint density at radius 3 is 2.48 bits per heavy atom. The van der Waals surface area contributed by atoms with Crippen molar-refractivity contribution in [1.82, 2.24) is 5.32 Å². The Balaban J connectivity index is 1.53. The molecule has 2 atom stereocenters. The molecule has 7 nitrogen and oxygen atoms in total. The molecule has 3 rings (SSSR count). The molecule has 1 aliphatic rings. The molecular formula is C23H30N2O5S. The van der Waals surface area contributed by atoms with Crippen molar-refractivity contribution in [2.45, 2.75) is 43.6 Å². The summed E-state index contributed by atoms with van der Waals surface area (Å²) < 4.78 is 38.9. The third-order valence-electron chi connectivity index (χ3n) is 5.53. The van der Waals surface area contributed by atoms with Gasteiger partial charge in [0.05, 0.1) is 30.4 Å². The van der Waals surface area contributed by atoms with Gasteiger partial charge < -0.3 is 14.8 Å². The van der Waals surface area contributed by atoms with Gasteiger partial charge in [-0.2, -0.15) is 0 Å². The van der Waals surface area contributed by atoms with Crippen molar-refractivity contribution < 1.29 is 22.7 Å². The van der Waals surface area contributed by atoms with Crippen molar-refractivity contribution in [1.29, 1.82) is 0 Å². The van der Waals surface area contributed by atoms with Crippen molar-refractivity contribution in [3.8, 4) is 5.75 Å². The van der Waals surface area contributed by atoms with Crippen LogP contribution < -0.4 is 14.8 Å². The molecule has 1 aliphatic carbocycles. The Morgan fingerprint density at radius 2 is 1.77 bits per heavy atom. The quantitative estimate of drug-likeness (QED) is 0.571. The number of methoxy groups -OCH3 is 1. The van der Waals surface area contributed by atoms with Gasteiger partial charge in [0.1, 0.15) is 5.75 Å². The number of ether oxygens (including phenoxy) is 2. The summed E-state index contributed by atoms with van der Waals surface area (Å²) in [6.45, 7) is 3.09. The zero-order valence-corrected chi connectivity index (χ0v) is 18.8. The van der Waals surface area contributed by atoms with E-state index in [4.69, 9.17) is 9.47 Å². The lowest BCUT2D eigenvalue weighted by atomic mass is 9.88. The van der Waals surface area contributed by atoms with Gasteiger partial charge in [-0.3, -0.25) is 9.52 Å². The van der Waals surface area contributed by atoms with Crippen LogP contribution in [0.1, 0.15) is 43.0 Å². The number of amides is 1. The summed E-state index contributed by atoms with van der Waals surface area (Å²) in [5, 5.41) is 2.82. The lowest BCUT2D eigenvalue weighted by molar-refractivity contribution is -0.00293. The summed E-state index contributed by atoms with van der Waals surface area (Å²) >= 11 is 0. The molecule has 1 saturated carbocycles. The maximum absolute atomic E-state index is 12.7. The number of sulfonamides is 1. The molecule has 0 aliphatic heterocycles. The fraction of sp³-hybridized carbons (Fsp3) is 0.435. The monoisotopic (exact) mass is 446 g/mol. The van der Waals surface area contributed by atoms with Gasteiger partial charge in [-0.25, -0.2) is 8.42 Å². The van der Waals surface area contributed by atoms with E-state index < -0.39 is 10.0 Å². The van der Waals surface area contributed by atoms with Gasteiger partial charge in [0, 0.05) is 12.1 Å². The van der Waals surface area contributed by atoms with Crippen LogP contribution in [-0.4, -0.2) is 40.7 Å². The molecule has 8 heteroatoms. The summed E-state index contributed by atoms with van der Waals surface area (Å²) in [5.74, 6) is 0.720. The molecular weight excluding hydrogens is 416 g/mol. The average Bonchev–Trinajstić information content (AvgIpc) is 2.78. The highest BCUT2D eigenvalue weighted by molar-refractivity contribution is 7.92. The van der Waals surface area contributed by atoms with Crippen LogP contribution in [0.15, 0.2) is 53.4 Å². The Labute approximate surface area is 184 Å². The molecule has 0 radical (unpaired) electrons. The second kappa shape index (κ2) is 10.6. The van der Waals surface area contributed by atoms with Crippen LogP contribution in [0.2, 0.25) is 0 Å². The Hall–Kier alpha value is -2.58. The fourth-order valence-electron chi connectivity index (χ4n) is 3.72. The molecule has 2 aromatic rings. The second-order valence-electron chi connectivity index (χ2n) is 7.76. The van der Waals surface area contributed by atoms with Crippen molar-refractivity contribution in [3.63, 3.8) is 0 Å². The molecule has 2 aromatic carbocycles. The van der Waals surface area contributed by atoms with Crippen LogP contribution in [0.25, 0.3) is 0 Å². The number of carbonyl (C=O) groups excluding carboxylic acids is 1. The number of benzene rings is 2. The molecule has 0 aromatic heterocycles. The molecule has 0 spiro atoms. The van der Waals surface area contributed by atoms with Crippen molar-refractivity contribution in [3.05, 3.63) is 54.1 Å². The van der Waals surface area contributed by atoms with Gasteiger partial charge >= 0.3 is 0 Å². The summed E-state index contributed by atoms with van der Waals surface area (Å²) in [6.07, 6.45) is 5.00. The number of rotatable bonds is 9. The van der Waals surface area contributed by atoms with Crippen molar-refractivity contribution >= 4 is 21.6 Å². The third-order valence-corrected chi connectivity index (χ3v) is 6.91. The van der Waals surface area contributed by atoms with Crippen molar-refractivity contribution in [2.24, 2.45) is 5.92 Å². The van der Waals surface area contributed by atoms with Gasteiger partial charge in [-0.05, 0) is 55.2 Å². The number of carbonyl (C=O) groups is 1. The minimum atomic E-state index is -3.81. The fourth-order valence-corrected chi connectivity index (χ4v) is 4.80. The lowest BCUT2D eigenvalue weighted by Gasteiger charge is -2.28. The number of para-hydroxylation sites is 2. The number of hydrogen-bond donors (Lipinski definition) is 2. The van der Waals surface area contributed by atoms with Crippen LogP contribution >= 0.6 is 0 Å². The zero-order valence-electron chi connectivity index (χ0n) is 18.0. The van der Waals surface area contributed by atoms with Gasteiger partial charge in [0.2, 0.25) is 0 Å². The van der Waals surface area contributed by atoms with E-state index in [1.54, 1.807) is 24.3 Å². The minimum Gasteiger partial charge on any atom is -0.495 e.